The first-order valence-corrected chi connectivity index (χ1v) is 32.6. The van der Waals surface area contributed by atoms with Gasteiger partial charge in [-0.15, -0.1) is 0 Å². The fraction of sp³-hybridized carbons (Fsp3) is 0.838. The summed E-state index contributed by atoms with van der Waals surface area (Å²) in [5.74, 6) is -0.870. The van der Waals surface area contributed by atoms with E-state index in [9.17, 15) is 14.4 Å². The van der Waals surface area contributed by atoms with Gasteiger partial charge in [0.05, 0.1) is 0 Å². The molecule has 0 aromatic carbocycles. The van der Waals surface area contributed by atoms with Crippen LogP contribution >= 0.6 is 0 Å². The Balaban J connectivity index is 4.17. The predicted octanol–water partition coefficient (Wildman–Crippen LogP) is 22.2. The number of unbranched alkanes of at least 4 members (excludes halogenated alkanes) is 41. The normalized spacial score (nSPS) is 12.3. The van der Waals surface area contributed by atoms with E-state index in [-0.39, 0.29) is 31.1 Å². The van der Waals surface area contributed by atoms with Gasteiger partial charge >= 0.3 is 17.9 Å². The largest absolute Gasteiger partial charge is 0.462 e. The molecule has 0 saturated carbocycles. The maximum atomic E-state index is 12.9. The van der Waals surface area contributed by atoms with Crippen LogP contribution in [0, 0.1) is 0 Å². The fourth-order valence-electron chi connectivity index (χ4n) is 9.73. The zero-order valence-corrected chi connectivity index (χ0v) is 49.6. The van der Waals surface area contributed by atoms with E-state index >= 15 is 0 Å². The Labute approximate surface area is 460 Å². The van der Waals surface area contributed by atoms with E-state index in [0.717, 1.165) is 96.3 Å². The summed E-state index contributed by atoms with van der Waals surface area (Å²) in [6, 6.07) is 0. The molecule has 0 bridgehead atoms. The van der Waals surface area contributed by atoms with Crippen LogP contribution in [0.1, 0.15) is 348 Å². The van der Waals surface area contributed by atoms with Gasteiger partial charge in [-0.25, -0.2) is 0 Å². The van der Waals surface area contributed by atoms with Gasteiger partial charge in [0.25, 0.3) is 0 Å². The van der Waals surface area contributed by atoms with Crippen molar-refractivity contribution < 1.29 is 28.6 Å². The molecule has 0 aliphatic heterocycles. The summed E-state index contributed by atoms with van der Waals surface area (Å²) in [4.78, 5) is 38.2. The molecule has 1 unspecified atom stereocenters. The van der Waals surface area contributed by atoms with E-state index in [1.54, 1.807) is 0 Å². The number of ether oxygens (including phenoxy) is 3. The molecule has 0 aromatic rings. The average molecular weight is 1040 g/mol. The molecule has 0 aliphatic rings. The summed E-state index contributed by atoms with van der Waals surface area (Å²) >= 11 is 0. The van der Waals surface area contributed by atoms with Gasteiger partial charge in [0.15, 0.2) is 6.10 Å². The van der Waals surface area contributed by atoms with Crippen molar-refractivity contribution in [2.75, 3.05) is 13.2 Å². The second-order valence-electron chi connectivity index (χ2n) is 22.0. The van der Waals surface area contributed by atoms with Gasteiger partial charge < -0.3 is 14.2 Å². The highest BCUT2D eigenvalue weighted by molar-refractivity contribution is 5.71. The summed E-state index contributed by atoms with van der Waals surface area (Å²) < 4.78 is 16.9. The minimum absolute atomic E-state index is 0.0745. The van der Waals surface area contributed by atoms with E-state index in [1.807, 2.05) is 0 Å². The monoisotopic (exact) mass is 1040 g/mol. The average Bonchev–Trinajstić information content (AvgIpc) is 3.40. The van der Waals surface area contributed by atoms with Crippen LogP contribution < -0.4 is 0 Å². The third-order valence-corrected chi connectivity index (χ3v) is 14.6. The molecule has 0 radical (unpaired) electrons. The highest BCUT2D eigenvalue weighted by atomic mass is 16.6. The molecule has 0 saturated heterocycles. The fourth-order valence-corrected chi connectivity index (χ4v) is 9.73. The summed E-state index contributed by atoms with van der Waals surface area (Å²) in [5.41, 5.74) is 0. The molecule has 0 aromatic heterocycles. The maximum Gasteiger partial charge on any atom is 0.306 e. The number of hydrogen-bond acceptors (Lipinski definition) is 6. The first-order valence-electron chi connectivity index (χ1n) is 32.6. The van der Waals surface area contributed by atoms with Gasteiger partial charge in [0, 0.05) is 19.3 Å². The lowest BCUT2D eigenvalue weighted by Crippen LogP contribution is -2.30. The number of hydrogen-bond donors (Lipinski definition) is 0. The molecule has 0 heterocycles. The van der Waals surface area contributed by atoms with Crippen LogP contribution in [0.15, 0.2) is 48.6 Å². The van der Waals surface area contributed by atoms with Gasteiger partial charge in [-0.05, 0) is 57.8 Å². The van der Waals surface area contributed by atoms with Gasteiger partial charge in [0.2, 0.25) is 0 Å². The summed E-state index contributed by atoms with van der Waals surface area (Å²) in [6.45, 7) is 6.56. The summed E-state index contributed by atoms with van der Waals surface area (Å²) in [7, 11) is 0. The summed E-state index contributed by atoms with van der Waals surface area (Å²) in [5, 5.41) is 0. The Morgan fingerprint density at radius 3 is 0.824 bits per heavy atom. The van der Waals surface area contributed by atoms with E-state index in [1.165, 1.54) is 212 Å². The quantitative estimate of drug-likeness (QED) is 0.0261. The number of esters is 3. The lowest BCUT2D eigenvalue weighted by Gasteiger charge is -2.18. The zero-order chi connectivity index (χ0) is 53.6. The second-order valence-corrected chi connectivity index (χ2v) is 22.0. The molecular weight excluding hydrogens is 913 g/mol. The van der Waals surface area contributed by atoms with Crippen molar-refractivity contribution in [3.8, 4) is 0 Å². The highest BCUT2D eigenvalue weighted by Crippen LogP contribution is 2.18. The second kappa shape index (κ2) is 62.9. The Hall–Kier alpha value is -2.63. The van der Waals surface area contributed by atoms with Crippen molar-refractivity contribution >= 4 is 17.9 Å². The molecule has 0 N–H and O–H groups in total. The molecule has 0 spiro atoms. The predicted molar refractivity (Wildman–Crippen MR) is 321 cm³/mol. The summed E-state index contributed by atoms with van der Waals surface area (Å²) in [6.07, 6.45) is 78.5. The van der Waals surface area contributed by atoms with E-state index < -0.39 is 6.10 Å². The van der Waals surface area contributed by atoms with E-state index in [2.05, 4.69) is 69.4 Å². The Morgan fingerprint density at radius 1 is 0.284 bits per heavy atom. The third kappa shape index (κ3) is 60.2. The molecule has 0 rings (SSSR count). The van der Waals surface area contributed by atoms with Crippen molar-refractivity contribution in [3.63, 3.8) is 0 Å². The van der Waals surface area contributed by atoms with Crippen molar-refractivity contribution in [3.05, 3.63) is 48.6 Å². The number of rotatable bonds is 60. The Bertz CT molecular complexity index is 1280. The minimum Gasteiger partial charge on any atom is -0.462 e. The number of carbonyl (C=O) groups is 3. The van der Waals surface area contributed by atoms with Crippen molar-refractivity contribution in [1.82, 2.24) is 0 Å². The first-order chi connectivity index (χ1) is 36.5. The van der Waals surface area contributed by atoms with Crippen LogP contribution in [0.4, 0.5) is 0 Å². The topological polar surface area (TPSA) is 78.9 Å². The number of carbonyl (C=O) groups excluding carboxylic acids is 3. The number of allylic oxidation sites excluding steroid dienone is 8. The SMILES string of the molecule is CC/C=C\C/C=C\C/C=C\C/C=C\CCCCCCCCC(=O)OC(COC(=O)CCCCCCCCCCCC)COC(=O)CCCCCCCCCCCCCCCCCCCCCCCCCCCCC. The van der Waals surface area contributed by atoms with Gasteiger partial charge in [-0.3, -0.25) is 14.4 Å². The third-order valence-electron chi connectivity index (χ3n) is 14.6. The first kappa shape index (κ1) is 71.4. The van der Waals surface area contributed by atoms with Crippen molar-refractivity contribution in [1.29, 1.82) is 0 Å². The van der Waals surface area contributed by atoms with Crippen LogP contribution in [0.3, 0.4) is 0 Å². The molecule has 0 fully saturated rings. The zero-order valence-electron chi connectivity index (χ0n) is 49.6. The molecular formula is C68H124O6. The van der Waals surface area contributed by atoms with Crippen LogP contribution in [0.5, 0.6) is 0 Å². The standard InChI is InChI=1S/C68H124O6/c1-4-7-10-13-16-19-22-24-26-28-30-31-32-33-34-35-36-37-39-40-42-44-46-49-52-55-58-61-67(70)73-64-65(63-72-66(69)60-57-54-51-48-21-18-15-12-9-6-3)74-68(71)62-59-56-53-50-47-45-43-41-38-29-27-25-23-20-17-14-11-8-5-2/h8,11,17,20,25,27,38,41,65H,4-7,9-10,12-16,18-19,21-24,26,28-37,39-40,42-64H2,1-3H3/b11-8-,20-17-,27-25-,41-38-. The molecule has 1 atom stereocenters. The van der Waals surface area contributed by atoms with E-state index in [4.69, 9.17) is 14.2 Å². The molecule has 74 heavy (non-hydrogen) atoms. The van der Waals surface area contributed by atoms with Gasteiger partial charge in [-0.1, -0.05) is 320 Å². The molecule has 6 nitrogen and oxygen atoms in total. The van der Waals surface area contributed by atoms with Crippen LogP contribution in [0.25, 0.3) is 0 Å². The molecule has 6 heteroatoms. The van der Waals surface area contributed by atoms with E-state index in [0.29, 0.717) is 19.3 Å². The van der Waals surface area contributed by atoms with Crippen molar-refractivity contribution in [2.24, 2.45) is 0 Å². The minimum atomic E-state index is -0.778. The van der Waals surface area contributed by atoms with Gasteiger partial charge in [-0.2, -0.15) is 0 Å². The Kier molecular flexibility index (Phi) is 60.7. The lowest BCUT2D eigenvalue weighted by atomic mass is 10.0. The Morgan fingerprint density at radius 2 is 0.527 bits per heavy atom. The molecule has 432 valence electrons. The van der Waals surface area contributed by atoms with Crippen LogP contribution in [-0.4, -0.2) is 37.2 Å². The van der Waals surface area contributed by atoms with Crippen LogP contribution in [-0.2, 0) is 28.6 Å². The van der Waals surface area contributed by atoms with Gasteiger partial charge in [0.1, 0.15) is 13.2 Å². The lowest BCUT2D eigenvalue weighted by molar-refractivity contribution is -0.167. The van der Waals surface area contributed by atoms with Crippen LogP contribution in [0.2, 0.25) is 0 Å². The molecule has 0 aliphatic carbocycles. The maximum absolute atomic E-state index is 12.9. The molecule has 0 amide bonds. The van der Waals surface area contributed by atoms with Crippen molar-refractivity contribution in [2.45, 2.75) is 354 Å². The smallest absolute Gasteiger partial charge is 0.306 e. The highest BCUT2D eigenvalue weighted by Gasteiger charge is 2.19.